The zero-order chi connectivity index (χ0) is 18.8. The van der Waals surface area contributed by atoms with Crippen molar-refractivity contribution < 1.29 is 14.5 Å². The van der Waals surface area contributed by atoms with E-state index in [0.717, 1.165) is 0 Å². The van der Waals surface area contributed by atoms with Gasteiger partial charge in [-0.1, -0.05) is 23.2 Å². The van der Waals surface area contributed by atoms with Gasteiger partial charge in [0.1, 0.15) is 6.54 Å². The second-order valence-electron chi connectivity index (χ2n) is 5.73. The van der Waals surface area contributed by atoms with Crippen molar-refractivity contribution in [1.82, 2.24) is 0 Å². The van der Waals surface area contributed by atoms with Crippen LogP contribution in [0.2, 0.25) is 10.0 Å². The zero-order valence-corrected chi connectivity index (χ0v) is 14.9. The van der Waals surface area contributed by atoms with E-state index in [4.69, 9.17) is 23.2 Å². The molecular weight excluding hydrogens is 381 g/mol. The van der Waals surface area contributed by atoms with Gasteiger partial charge < -0.3 is 10.2 Å². The molecule has 0 saturated carbocycles. The second kappa shape index (κ2) is 7.31. The minimum absolute atomic E-state index is 0.0432. The molecule has 9 heteroatoms. The molecule has 2 amide bonds. The van der Waals surface area contributed by atoms with E-state index >= 15 is 0 Å². The maximum atomic E-state index is 12.3. The molecule has 134 valence electrons. The van der Waals surface area contributed by atoms with Crippen LogP contribution in [-0.2, 0) is 16.0 Å². The van der Waals surface area contributed by atoms with Gasteiger partial charge in [0.25, 0.3) is 5.69 Å². The standard InChI is InChI=1S/C17H13Cl2N3O4/c18-13-4-2-11(8-14(13)19)20-16(23)9-21-15-5-3-12(22(25)26)7-10(15)1-6-17(21)24/h2-5,7-8H,1,6,9H2,(H,20,23). The van der Waals surface area contributed by atoms with Crippen molar-refractivity contribution >= 4 is 52.1 Å². The van der Waals surface area contributed by atoms with Crippen molar-refractivity contribution in [2.24, 2.45) is 0 Å². The SMILES string of the molecule is O=C(CN1C(=O)CCc2cc([N+](=O)[O-])ccc21)Nc1ccc(Cl)c(Cl)c1. The van der Waals surface area contributed by atoms with Crippen molar-refractivity contribution in [3.05, 3.63) is 62.1 Å². The molecule has 0 bridgehead atoms. The highest BCUT2D eigenvalue weighted by Crippen LogP contribution is 2.31. The highest BCUT2D eigenvalue weighted by atomic mass is 35.5. The fraction of sp³-hybridized carbons (Fsp3) is 0.176. The van der Waals surface area contributed by atoms with Gasteiger partial charge in [-0.15, -0.1) is 0 Å². The number of nitro benzene ring substituents is 1. The predicted molar refractivity (Wildman–Crippen MR) is 98.9 cm³/mol. The van der Waals surface area contributed by atoms with Gasteiger partial charge in [0.15, 0.2) is 0 Å². The summed E-state index contributed by atoms with van der Waals surface area (Å²) in [5.41, 5.74) is 1.59. The van der Waals surface area contributed by atoms with E-state index < -0.39 is 10.8 Å². The Morgan fingerprint density at radius 3 is 2.62 bits per heavy atom. The predicted octanol–water partition coefficient (Wildman–Crippen LogP) is 3.82. The average Bonchev–Trinajstić information content (AvgIpc) is 2.60. The van der Waals surface area contributed by atoms with Crippen LogP contribution in [0.15, 0.2) is 36.4 Å². The van der Waals surface area contributed by atoms with E-state index in [2.05, 4.69) is 5.32 Å². The Kier molecular flexibility index (Phi) is 5.11. The number of anilines is 2. The van der Waals surface area contributed by atoms with Crippen LogP contribution in [0, 0.1) is 10.1 Å². The molecule has 0 atom stereocenters. The summed E-state index contributed by atoms with van der Waals surface area (Å²) in [6.07, 6.45) is 0.592. The number of carbonyl (C=O) groups is 2. The number of fused-ring (bicyclic) bond motifs is 1. The molecule has 0 aromatic heterocycles. The van der Waals surface area contributed by atoms with Crippen LogP contribution in [0.5, 0.6) is 0 Å². The van der Waals surface area contributed by atoms with E-state index in [1.54, 1.807) is 12.1 Å². The van der Waals surface area contributed by atoms with Gasteiger partial charge in [0.05, 0.1) is 15.0 Å². The lowest BCUT2D eigenvalue weighted by Gasteiger charge is -2.28. The molecule has 3 rings (SSSR count). The Morgan fingerprint density at radius 2 is 1.92 bits per heavy atom. The average molecular weight is 394 g/mol. The number of aryl methyl sites for hydroxylation is 1. The number of hydrogen-bond acceptors (Lipinski definition) is 4. The van der Waals surface area contributed by atoms with Crippen LogP contribution in [0.4, 0.5) is 17.1 Å². The van der Waals surface area contributed by atoms with Crippen molar-refractivity contribution in [2.45, 2.75) is 12.8 Å². The number of rotatable bonds is 4. The second-order valence-corrected chi connectivity index (χ2v) is 6.54. The first-order chi connectivity index (χ1) is 12.3. The van der Waals surface area contributed by atoms with Gasteiger partial charge >= 0.3 is 0 Å². The maximum Gasteiger partial charge on any atom is 0.269 e. The van der Waals surface area contributed by atoms with Crippen molar-refractivity contribution in [1.29, 1.82) is 0 Å². The molecule has 1 aliphatic heterocycles. The first-order valence-electron chi connectivity index (χ1n) is 7.68. The Labute approximate surface area is 158 Å². The molecule has 7 nitrogen and oxygen atoms in total. The normalized spacial score (nSPS) is 13.3. The summed E-state index contributed by atoms with van der Waals surface area (Å²) in [6, 6.07) is 8.92. The highest BCUT2D eigenvalue weighted by Gasteiger charge is 2.27. The third-order valence-corrected chi connectivity index (χ3v) is 4.72. The summed E-state index contributed by atoms with van der Waals surface area (Å²) in [5, 5.41) is 14.2. The van der Waals surface area contributed by atoms with Gasteiger partial charge in [-0.3, -0.25) is 19.7 Å². The van der Waals surface area contributed by atoms with E-state index in [1.807, 2.05) is 0 Å². The van der Waals surface area contributed by atoms with E-state index in [-0.39, 0.29) is 24.6 Å². The van der Waals surface area contributed by atoms with Crippen LogP contribution in [-0.4, -0.2) is 23.3 Å². The number of halogens is 2. The molecule has 0 unspecified atom stereocenters. The third-order valence-electron chi connectivity index (χ3n) is 3.98. The number of nitrogens with one attached hydrogen (secondary N) is 1. The monoisotopic (exact) mass is 393 g/mol. The van der Waals surface area contributed by atoms with Crippen molar-refractivity contribution in [2.75, 3.05) is 16.8 Å². The molecule has 0 radical (unpaired) electrons. The number of carbonyl (C=O) groups excluding carboxylic acids is 2. The number of non-ortho nitro benzene ring substituents is 1. The first-order valence-corrected chi connectivity index (χ1v) is 8.43. The molecule has 0 fully saturated rings. The highest BCUT2D eigenvalue weighted by molar-refractivity contribution is 6.42. The maximum absolute atomic E-state index is 12.3. The van der Waals surface area contributed by atoms with Crippen molar-refractivity contribution in [3.63, 3.8) is 0 Å². The number of hydrogen-bond donors (Lipinski definition) is 1. The van der Waals surface area contributed by atoms with Crippen LogP contribution >= 0.6 is 23.2 Å². The van der Waals surface area contributed by atoms with Gasteiger partial charge in [-0.2, -0.15) is 0 Å². The molecule has 1 N–H and O–H groups in total. The minimum atomic E-state index is -0.488. The molecule has 2 aromatic rings. The summed E-state index contributed by atoms with van der Waals surface area (Å²) in [7, 11) is 0. The molecule has 26 heavy (non-hydrogen) atoms. The molecule has 2 aromatic carbocycles. The Morgan fingerprint density at radius 1 is 1.15 bits per heavy atom. The smallest absolute Gasteiger partial charge is 0.269 e. The lowest BCUT2D eigenvalue weighted by Crippen LogP contribution is -2.40. The van der Waals surface area contributed by atoms with Crippen LogP contribution in [0.1, 0.15) is 12.0 Å². The molecular formula is C17H13Cl2N3O4. The van der Waals surface area contributed by atoms with Crippen molar-refractivity contribution in [3.8, 4) is 0 Å². The largest absolute Gasteiger partial charge is 0.324 e. The fourth-order valence-electron chi connectivity index (χ4n) is 2.75. The van der Waals surface area contributed by atoms with Gasteiger partial charge in [0.2, 0.25) is 11.8 Å². The van der Waals surface area contributed by atoms with Crippen LogP contribution in [0.25, 0.3) is 0 Å². The van der Waals surface area contributed by atoms with E-state index in [9.17, 15) is 19.7 Å². The number of nitro groups is 1. The summed E-state index contributed by atoms with van der Waals surface area (Å²) in [5.74, 6) is -0.626. The van der Waals surface area contributed by atoms with Gasteiger partial charge in [-0.05, 0) is 36.2 Å². The summed E-state index contributed by atoms with van der Waals surface area (Å²) in [4.78, 5) is 36.3. The molecule has 0 saturated heterocycles. The van der Waals surface area contributed by atoms with E-state index in [0.29, 0.717) is 33.4 Å². The van der Waals surface area contributed by atoms with E-state index in [1.165, 1.54) is 29.2 Å². The summed E-state index contributed by atoms with van der Waals surface area (Å²) < 4.78 is 0. The number of benzene rings is 2. The lowest BCUT2D eigenvalue weighted by atomic mass is 10.0. The minimum Gasteiger partial charge on any atom is -0.324 e. The molecule has 0 aliphatic carbocycles. The fourth-order valence-corrected chi connectivity index (χ4v) is 3.05. The quantitative estimate of drug-likeness (QED) is 0.630. The molecule has 1 heterocycles. The summed E-state index contributed by atoms with van der Waals surface area (Å²) >= 11 is 11.8. The van der Waals surface area contributed by atoms with Gasteiger partial charge in [0, 0.05) is 29.9 Å². The number of amides is 2. The van der Waals surface area contributed by atoms with Gasteiger partial charge in [-0.25, -0.2) is 0 Å². The first kappa shape index (κ1) is 18.2. The van der Waals surface area contributed by atoms with Crippen LogP contribution in [0.3, 0.4) is 0 Å². The Bertz CT molecular complexity index is 917. The zero-order valence-electron chi connectivity index (χ0n) is 13.4. The Balaban J connectivity index is 1.78. The molecule has 1 aliphatic rings. The molecule has 0 spiro atoms. The Hall–Kier alpha value is -2.64. The summed E-state index contributed by atoms with van der Waals surface area (Å²) in [6.45, 7) is -0.204. The number of nitrogens with zero attached hydrogens (tertiary/aromatic N) is 2. The third kappa shape index (κ3) is 3.79. The topological polar surface area (TPSA) is 92.5 Å². The lowest BCUT2D eigenvalue weighted by molar-refractivity contribution is -0.384. The van der Waals surface area contributed by atoms with Crippen LogP contribution < -0.4 is 10.2 Å².